The maximum absolute atomic E-state index is 11.6. The fourth-order valence-electron chi connectivity index (χ4n) is 1.66. The zero-order valence-electron chi connectivity index (χ0n) is 11.3. The van der Waals surface area contributed by atoms with Gasteiger partial charge in [-0.05, 0) is 32.0 Å². The second-order valence-electron chi connectivity index (χ2n) is 4.65. The lowest BCUT2D eigenvalue weighted by Crippen LogP contribution is -2.38. The summed E-state index contributed by atoms with van der Waals surface area (Å²) in [5, 5.41) is 11.7. The predicted molar refractivity (Wildman–Crippen MR) is 74.4 cm³/mol. The highest BCUT2D eigenvalue weighted by atomic mass is 16.4. The summed E-state index contributed by atoms with van der Waals surface area (Å²) in [4.78, 5) is 24.2. The van der Waals surface area contributed by atoms with Crippen LogP contribution in [-0.4, -0.2) is 36.6 Å². The van der Waals surface area contributed by atoms with Crippen molar-refractivity contribution in [3.63, 3.8) is 0 Å². The molecular weight excluding hydrogens is 246 g/mol. The van der Waals surface area contributed by atoms with Crippen LogP contribution in [0.2, 0.25) is 0 Å². The van der Waals surface area contributed by atoms with E-state index in [0.29, 0.717) is 5.69 Å². The number of hydrogen-bond donors (Lipinski definition) is 3. The molecule has 0 spiro atoms. The quantitative estimate of drug-likeness (QED) is 0.688. The zero-order chi connectivity index (χ0) is 14.6. The second kappa shape index (κ2) is 6.08. The van der Waals surface area contributed by atoms with Crippen molar-refractivity contribution in [1.29, 1.82) is 0 Å². The van der Waals surface area contributed by atoms with Gasteiger partial charge in [-0.1, -0.05) is 0 Å². The van der Waals surface area contributed by atoms with Crippen LogP contribution in [0.1, 0.15) is 24.2 Å². The molecule has 104 valence electrons. The Balaban J connectivity index is 2.78. The van der Waals surface area contributed by atoms with E-state index < -0.39 is 5.97 Å². The van der Waals surface area contributed by atoms with E-state index in [2.05, 4.69) is 5.32 Å². The Kier molecular flexibility index (Phi) is 4.74. The lowest BCUT2D eigenvalue weighted by Gasteiger charge is -2.20. The minimum Gasteiger partial charge on any atom is -0.478 e. The summed E-state index contributed by atoms with van der Waals surface area (Å²) in [7, 11) is 1.75. The van der Waals surface area contributed by atoms with Crippen LogP contribution in [-0.2, 0) is 4.79 Å². The van der Waals surface area contributed by atoms with Crippen LogP contribution in [0.5, 0.6) is 0 Å². The van der Waals surface area contributed by atoms with E-state index in [1.807, 2.05) is 13.8 Å². The molecule has 0 radical (unpaired) electrons. The molecule has 0 aromatic heterocycles. The van der Waals surface area contributed by atoms with Crippen molar-refractivity contribution in [1.82, 2.24) is 5.32 Å². The van der Waals surface area contributed by atoms with Gasteiger partial charge in [0.05, 0.1) is 12.1 Å². The molecular formula is C13H19N3O3. The molecule has 6 heteroatoms. The summed E-state index contributed by atoms with van der Waals surface area (Å²) in [6.45, 7) is 3.96. The number of nitrogens with one attached hydrogen (secondary N) is 1. The third-order valence-electron chi connectivity index (χ3n) is 2.54. The van der Waals surface area contributed by atoms with Crippen LogP contribution < -0.4 is 16.0 Å². The largest absolute Gasteiger partial charge is 0.478 e. The standard InChI is InChI=1S/C13H19N3O3/c1-8(2)15-12(17)7-16(3)9-4-5-10(13(18)19)11(14)6-9/h4-6,8H,7,14H2,1-3H3,(H,15,17)(H,18,19). The van der Waals surface area contributed by atoms with Crippen molar-refractivity contribution in [3.05, 3.63) is 23.8 Å². The third kappa shape index (κ3) is 4.17. The first kappa shape index (κ1) is 14.8. The van der Waals surface area contributed by atoms with E-state index in [1.54, 1.807) is 24.1 Å². The summed E-state index contributed by atoms with van der Waals surface area (Å²) in [5.74, 6) is -1.16. The molecule has 0 fully saturated rings. The highest BCUT2D eigenvalue weighted by molar-refractivity contribution is 5.94. The van der Waals surface area contributed by atoms with Crippen LogP contribution in [0.15, 0.2) is 18.2 Å². The molecule has 19 heavy (non-hydrogen) atoms. The van der Waals surface area contributed by atoms with Gasteiger partial charge in [0.25, 0.3) is 0 Å². The minimum absolute atomic E-state index is 0.0591. The van der Waals surface area contributed by atoms with Gasteiger partial charge in [-0.25, -0.2) is 4.79 Å². The number of hydrogen-bond acceptors (Lipinski definition) is 4. The number of carboxylic acids is 1. The van der Waals surface area contributed by atoms with E-state index in [-0.39, 0.29) is 29.7 Å². The molecule has 0 saturated heterocycles. The smallest absolute Gasteiger partial charge is 0.337 e. The van der Waals surface area contributed by atoms with Gasteiger partial charge in [-0.15, -0.1) is 0 Å². The van der Waals surface area contributed by atoms with Gasteiger partial charge in [-0.2, -0.15) is 0 Å². The van der Waals surface area contributed by atoms with Crippen molar-refractivity contribution in [2.24, 2.45) is 0 Å². The van der Waals surface area contributed by atoms with Crippen molar-refractivity contribution in [2.75, 3.05) is 24.2 Å². The minimum atomic E-state index is -1.07. The average molecular weight is 265 g/mol. The Labute approximate surface area is 112 Å². The third-order valence-corrected chi connectivity index (χ3v) is 2.54. The summed E-state index contributed by atoms with van der Waals surface area (Å²) in [6, 6.07) is 4.69. The Morgan fingerprint density at radius 1 is 1.42 bits per heavy atom. The van der Waals surface area contributed by atoms with E-state index in [9.17, 15) is 9.59 Å². The number of carbonyl (C=O) groups is 2. The van der Waals surface area contributed by atoms with E-state index in [0.717, 1.165) is 0 Å². The molecule has 6 nitrogen and oxygen atoms in total. The number of aromatic carboxylic acids is 1. The van der Waals surface area contributed by atoms with Crippen LogP contribution in [0.25, 0.3) is 0 Å². The first-order valence-corrected chi connectivity index (χ1v) is 5.94. The number of carbonyl (C=O) groups excluding carboxylic acids is 1. The highest BCUT2D eigenvalue weighted by Crippen LogP contribution is 2.20. The predicted octanol–water partition coefficient (Wildman–Crippen LogP) is 0.928. The fraction of sp³-hybridized carbons (Fsp3) is 0.385. The van der Waals surface area contributed by atoms with Gasteiger partial charge in [0.1, 0.15) is 0 Å². The lowest BCUT2D eigenvalue weighted by atomic mass is 10.1. The first-order chi connectivity index (χ1) is 8.81. The number of nitrogen functional groups attached to an aromatic ring is 1. The normalized spacial score (nSPS) is 10.3. The summed E-state index contributed by atoms with van der Waals surface area (Å²) in [6.07, 6.45) is 0. The number of amides is 1. The molecule has 0 bridgehead atoms. The van der Waals surface area contributed by atoms with Gasteiger partial charge < -0.3 is 21.1 Å². The number of likely N-dealkylation sites (N-methyl/N-ethyl adjacent to an activating group) is 1. The summed E-state index contributed by atoms with van der Waals surface area (Å²) in [5.41, 5.74) is 6.60. The first-order valence-electron chi connectivity index (χ1n) is 5.94. The number of nitrogens with zero attached hydrogens (tertiary/aromatic N) is 1. The monoisotopic (exact) mass is 265 g/mol. The average Bonchev–Trinajstić information content (AvgIpc) is 2.26. The van der Waals surface area contributed by atoms with Crippen LogP contribution >= 0.6 is 0 Å². The Hall–Kier alpha value is -2.24. The van der Waals surface area contributed by atoms with Crippen molar-refractivity contribution < 1.29 is 14.7 Å². The number of rotatable bonds is 5. The van der Waals surface area contributed by atoms with Gasteiger partial charge in [-0.3, -0.25) is 4.79 Å². The maximum Gasteiger partial charge on any atom is 0.337 e. The molecule has 1 aromatic carbocycles. The van der Waals surface area contributed by atoms with E-state index >= 15 is 0 Å². The molecule has 1 amide bonds. The molecule has 0 saturated carbocycles. The molecule has 0 aliphatic heterocycles. The van der Waals surface area contributed by atoms with E-state index in [1.165, 1.54) is 6.07 Å². The molecule has 4 N–H and O–H groups in total. The number of nitrogens with two attached hydrogens (primary N) is 1. The molecule has 0 aliphatic carbocycles. The topological polar surface area (TPSA) is 95.7 Å². The van der Waals surface area contributed by atoms with Crippen molar-refractivity contribution >= 4 is 23.3 Å². The van der Waals surface area contributed by atoms with Crippen molar-refractivity contribution in [3.8, 4) is 0 Å². The Morgan fingerprint density at radius 3 is 2.53 bits per heavy atom. The van der Waals surface area contributed by atoms with Gasteiger partial charge in [0.2, 0.25) is 5.91 Å². The highest BCUT2D eigenvalue weighted by Gasteiger charge is 2.12. The number of anilines is 2. The summed E-state index contributed by atoms with van der Waals surface area (Å²) < 4.78 is 0. The maximum atomic E-state index is 11.6. The van der Waals surface area contributed by atoms with Crippen LogP contribution in [0.4, 0.5) is 11.4 Å². The molecule has 0 aliphatic rings. The van der Waals surface area contributed by atoms with Gasteiger partial charge in [0.15, 0.2) is 0 Å². The second-order valence-corrected chi connectivity index (χ2v) is 4.65. The molecule has 1 aromatic rings. The molecule has 0 unspecified atom stereocenters. The lowest BCUT2D eigenvalue weighted by molar-refractivity contribution is -0.120. The molecule has 1 rings (SSSR count). The molecule has 0 atom stereocenters. The van der Waals surface area contributed by atoms with E-state index in [4.69, 9.17) is 10.8 Å². The van der Waals surface area contributed by atoms with Crippen LogP contribution in [0, 0.1) is 0 Å². The number of carboxylic acid groups (broad SMARTS) is 1. The SMILES string of the molecule is CC(C)NC(=O)CN(C)c1ccc(C(=O)O)c(N)c1. The van der Waals surface area contributed by atoms with Crippen molar-refractivity contribution in [2.45, 2.75) is 19.9 Å². The number of benzene rings is 1. The molecule has 0 heterocycles. The Bertz CT molecular complexity index is 486. The van der Waals surface area contributed by atoms with Crippen LogP contribution in [0.3, 0.4) is 0 Å². The van der Waals surface area contributed by atoms with Gasteiger partial charge in [0, 0.05) is 24.5 Å². The summed E-state index contributed by atoms with van der Waals surface area (Å²) >= 11 is 0. The Morgan fingerprint density at radius 2 is 2.05 bits per heavy atom. The zero-order valence-corrected chi connectivity index (χ0v) is 11.3. The fourth-order valence-corrected chi connectivity index (χ4v) is 1.66. The van der Waals surface area contributed by atoms with Gasteiger partial charge >= 0.3 is 5.97 Å².